The number of piperidine rings is 1. The second-order valence-electron chi connectivity index (χ2n) is 8.82. The lowest BCUT2D eigenvalue weighted by Crippen LogP contribution is -2.37. The molecule has 2 unspecified atom stereocenters. The first kappa shape index (κ1) is 18.6. The molecule has 2 aliphatic heterocycles. The van der Waals surface area contributed by atoms with Crippen molar-refractivity contribution in [3.8, 4) is 0 Å². The number of aryl methyl sites for hydroxylation is 1. The molecule has 29 heavy (non-hydrogen) atoms. The van der Waals surface area contributed by atoms with E-state index in [9.17, 15) is 4.79 Å². The molecule has 2 fully saturated rings. The monoisotopic (exact) mass is 386 g/mol. The highest BCUT2D eigenvalue weighted by molar-refractivity contribution is 6.00. The van der Waals surface area contributed by atoms with Gasteiger partial charge in [0.15, 0.2) is 5.78 Å². The number of Topliss-reactive ketones (excluding diaryl/α,β-unsaturated/α-hetero) is 1. The molecule has 3 heterocycles. The third-order valence-corrected chi connectivity index (χ3v) is 7.01. The molecular formula is C26H30N2O. The molecule has 0 aliphatic carbocycles. The van der Waals surface area contributed by atoms with Crippen LogP contribution in [0.2, 0.25) is 0 Å². The summed E-state index contributed by atoms with van der Waals surface area (Å²) >= 11 is 0. The summed E-state index contributed by atoms with van der Waals surface area (Å²) < 4.78 is 0. The van der Waals surface area contributed by atoms with Gasteiger partial charge >= 0.3 is 0 Å². The lowest BCUT2D eigenvalue weighted by Gasteiger charge is -2.34. The second kappa shape index (κ2) is 8.16. The number of H-pyrrole nitrogens is 1. The molecule has 0 amide bonds. The van der Waals surface area contributed by atoms with Crippen LogP contribution in [0.1, 0.15) is 65.9 Å². The molecule has 150 valence electrons. The third kappa shape index (κ3) is 3.89. The molecule has 1 N–H and O–H groups in total. The van der Waals surface area contributed by atoms with Crippen LogP contribution in [0.3, 0.4) is 0 Å². The quantitative estimate of drug-likeness (QED) is 0.550. The Balaban J connectivity index is 1.29. The van der Waals surface area contributed by atoms with E-state index in [0.717, 1.165) is 30.0 Å². The lowest BCUT2D eigenvalue weighted by molar-refractivity contribution is 0.0980. The molecule has 0 saturated carbocycles. The average Bonchev–Trinajstić information content (AvgIpc) is 3.40. The van der Waals surface area contributed by atoms with Gasteiger partial charge in [0.2, 0.25) is 0 Å². The van der Waals surface area contributed by atoms with Crippen LogP contribution in [-0.4, -0.2) is 34.8 Å². The van der Waals surface area contributed by atoms with Gasteiger partial charge in [0, 0.05) is 35.1 Å². The Morgan fingerprint density at radius 3 is 2.86 bits per heavy atom. The smallest absolute Gasteiger partial charge is 0.162 e. The van der Waals surface area contributed by atoms with Crippen LogP contribution in [0.4, 0.5) is 0 Å². The maximum Gasteiger partial charge on any atom is 0.162 e. The normalized spacial score (nSPS) is 22.1. The Morgan fingerprint density at radius 2 is 1.97 bits per heavy atom. The zero-order chi connectivity index (χ0) is 19.6. The van der Waals surface area contributed by atoms with E-state index < -0.39 is 0 Å². The van der Waals surface area contributed by atoms with Crippen LogP contribution in [0.15, 0.2) is 54.7 Å². The fourth-order valence-corrected chi connectivity index (χ4v) is 5.40. The third-order valence-electron chi connectivity index (χ3n) is 7.01. The fraction of sp³-hybridized carbons (Fsp3) is 0.423. The van der Waals surface area contributed by atoms with E-state index in [1.54, 1.807) is 0 Å². The molecule has 0 radical (unpaired) electrons. The Morgan fingerprint density at radius 1 is 1.07 bits per heavy atom. The molecule has 3 nitrogen and oxygen atoms in total. The van der Waals surface area contributed by atoms with E-state index in [2.05, 4.69) is 52.5 Å². The summed E-state index contributed by atoms with van der Waals surface area (Å²) in [5.74, 6) is 0.882. The SMILES string of the molecule is O=C(CCCc1ccccc1)c1ccc2[nH]cc(C3CCN4CCCC4C3)c2c1. The molecule has 3 heteroatoms. The Hall–Kier alpha value is -2.39. The van der Waals surface area contributed by atoms with E-state index in [1.165, 1.54) is 55.3 Å². The number of ketones is 1. The van der Waals surface area contributed by atoms with Crippen molar-refractivity contribution in [2.24, 2.45) is 0 Å². The first-order valence-electron chi connectivity index (χ1n) is 11.2. The summed E-state index contributed by atoms with van der Waals surface area (Å²) in [5, 5.41) is 1.26. The van der Waals surface area contributed by atoms with E-state index in [1.807, 2.05) is 12.1 Å². The number of benzene rings is 2. The summed E-state index contributed by atoms with van der Waals surface area (Å²) in [5.41, 5.74) is 4.76. The number of hydrogen-bond donors (Lipinski definition) is 1. The minimum atomic E-state index is 0.264. The number of hydrogen-bond acceptors (Lipinski definition) is 2. The molecule has 2 saturated heterocycles. The van der Waals surface area contributed by atoms with Crippen molar-refractivity contribution in [1.29, 1.82) is 0 Å². The van der Waals surface area contributed by atoms with E-state index in [4.69, 9.17) is 0 Å². The fourth-order valence-electron chi connectivity index (χ4n) is 5.40. The van der Waals surface area contributed by atoms with Gasteiger partial charge in [-0.3, -0.25) is 4.79 Å². The number of fused-ring (bicyclic) bond motifs is 2. The lowest BCUT2D eigenvalue weighted by atomic mass is 9.85. The number of carbonyl (C=O) groups is 1. The van der Waals surface area contributed by atoms with Crippen molar-refractivity contribution in [2.45, 2.75) is 56.9 Å². The highest BCUT2D eigenvalue weighted by atomic mass is 16.1. The van der Waals surface area contributed by atoms with Crippen molar-refractivity contribution < 1.29 is 4.79 Å². The van der Waals surface area contributed by atoms with Crippen LogP contribution >= 0.6 is 0 Å². The van der Waals surface area contributed by atoms with Gasteiger partial charge in [0.25, 0.3) is 0 Å². The molecule has 5 rings (SSSR count). The van der Waals surface area contributed by atoms with Crippen molar-refractivity contribution in [3.63, 3.8) is 0 Å². The van der Waals surface area contributed by atoms with E-state index in [0.29, 0.717) is 12.3 Å². The van der Waals surface area contributed by atoms with E-state index >= 15 is 0 Å². The van der Waals surface area contributed by atoms with Gasteiger partial charge in [0.1, 0.15) is 0 Å². The van der Waals surface area contributed by atoms with Crippen LogP contribution in [0.25, 0.3) is 10.9 Å². The Kier molecular flexibility index (Phi) is 5.24. The highest BCUT2D eigenvalue weighted by Gasteiger charge is 2.33. The van der Waals surface area contributed by atoms with Crippen LogP contribution < -0.4 is 0 Å². The minimum Gasteiger partial charge on any atom is -0.361 e. The van der Waals surface area contributed by atoms with Crippen LogP contribution in [0, 0.1) is 0 Å². The summed E-state index contributed by atoms with van der Waals surface area (Å²) in [6.45, 7) is 2.51. The molecule has 0 bridgehead atoms. The number of rotatable bonds is 6. The van der Waals surface area contributed by atoms with Crippen molar-refractivity contribution >= 4 is 16.7 Å². The van der Waals surface area contributed by atoms with Crippen LogP contribution in [-0.2, 0) is 6.42 Å². The Labute approximate surface area is 173 Å². The summed E-state index contributed by atoms with van der Waals surface area (Å²) in [7, 11) is 0. The summed E-state index contributed by atoms with van der Waals surface area (Å²) in [4.78, 5) is 18.9. The predicted octanol–water partition coefficient (Wildman–Crippen LogP) is 5.72. The van der Waals surface area contributed by atoms with Gasteiger partial charge in [-0.1, -0.05) is 30.3 Å². The molecule has 3 aromatic rings. The van der Waals surface area contributed by atoms with Gasteiger partial charge in [0.05, 0.1) is 0 Å². The van der Waals surface area contributed by atoms with Gasteiger partial charge in [-0.25, -0.2) is 0 Å². The Bertz CT molecular complexity index is 990. The first-order valence-corrected chi connectivity index (χ1v) is 11.2. The van der Waals surface area contributed by atoms with Gasteiger partial charge < -0.3 is 9.88 Å². The maximum atomic E-state index is 12.8. The zero-order valence-corrected chi connectivity index (χ0v) is 17.1. The molecule has 2 atom stereocenters. The number of aromatic nitrogens is 1. The molecule has 1 aromatic heterocycles. The largest absolute Gasteiger partial charge is 0.361 e. The molecular weight excluding hydrogens is 356 g/mol. The van der Waals surface area contributed by atoms with Crippen molar-refractivity contribution in [1.82, 2.24) is 9.88 Å². The topological polar surface area (TPSA) is 36.1 Å². The summed E-state index contributed by atoms with van der Waals surface area (Å²) in [6.07, 6.45) is 9.88. The average molecular weight is 387 g/mol. The van der Waals surface area contributed by atoms with Crippen molar-refractivity contribution in [2.75, 3.05) is 13.1 Å². The molecule has 2 aliphatic rings. The van der Waals surface area contributed by atoms with Gasteiger partial charge in [-0.05, 0) is 86.9 Å². The van der Waals surface area contributed by atoms with Crippen molar-refractivity contribution in [3.05, 3.63) is 71.4 Å². The van der Waals surface area contributed by atoms with Crippen LogP contribution in [0.5, 0.6) is 0 Å². The second-order valence-corrected chi connectivity index (χ2v) is 8.82. The number of nitrogens with one attached hydrogen (secondary N) is 1. The summed E-state index contributed by atoms with van der Waals surface area (Å²) in [6, 6.07) is 17.4. The maximum absolute atomic E-state index is 12.8. The van der Waals surface area contributed by atoms with Gasteiger partial charge in [-0.2, -0.15) is 0 Å². The standard InChI is InChI=1S/C26H30N2O/c29-26(10-4-8-19-6-2-1-3-7-19)21-11-12-25-23(17-21)24(18-27-25)20-13-15-28-14-5-9-22(28)16-20/h1-3,6-7,11-12,17-18,20,22,27H,4-5,8-10,13-16H2. The minimum absolute atomic E-state index is 0.264. The zero-order valence-electron chi connectivity index (χ0n) is 17.1. The molecule has 0 spiro atoms. The number of nitrogens with zero attached hydrogens (tertiary/aromatic N) is 1. The highest BCUT2D eigenvalue weighted by Crippen LogP contribution is 2.39. The first-order chi connectivity index (χ1) is 14.3. The molecule has 2 aromatic carbocycles. The number of aromatic amines is 1. The van der Waals surface area contributed by atoms with Gasteiger partial charge in [-0.15, -0.1) is 0 Å². The van der Waals surface area contributed by atoms with E-state index in [-0.39, 0.29) is 5.78 Å². The number of carbonyl (C=O) groups excluding carboxylic acids is 1. The predicted molar refractivity (Wildman–Crippen MR) is 119 cm³/mol.